The Balaban J connectivity index is 1.75. The van der Waals surface area contributed by atoms with Gasteiger partial charge in [-0.15, -0.1) is 0 Å². The van der Waals surface area contributed by atoms with Gasteiger partial charge < -0.3 is 19.9 Å². The Bertz CT molecular complexity index is 507. The highest BCUT2D eigenvalue weighted by atomic mass is 16.5. The van der Waals surface area contributed by atoms with Crippen LogP contribution in [0.25, 0.3) is 0 Å². The molecule has 1 aromatic carbocycles. The molecule has 0 amide bonds. The maximum absolute atomic E-state index is 5.21. The van der Waals surface area contributed by atoms with Crippen molar-refractivity contribution in [2.24, 2.45) is 10.9 Å². The van der Waals surface area contributed by atoms with Gasteiger partial charge in [0.25, 0.3) is 0 Å². The highest BCUT2D eigenvalue weighted by Crippen LogP contribution is 2.15. The van der Waals surface area contributed by atoms with Crippen LogP contribution in [0.1, 0.15) is 25.3 Å². The predicted molar refractivity (Wildman–Crippen MR) is 101 cm³/mol. The van der Waals surface area contributed by atoms with E-state index in [9.17, 15) is 0 Å². The number of ether oxygens (including phenoxy) is 1. The van der Waals surface area contributed by atoms with E-state index in [2.05, 4.69) is 46.2 Å². The first kappa shape index (κ1) is 18.6. The summed E-state index contributed by atoms with van der Waals surface area (Å²) in [4.78, 5) is 9.10. The molecule has 24 heavy (non-hydrogen) atoms. The van der Waals surface area contributed by atoms with Crippen molar-refractivity contribution in [2.45, 2.75) is 26.3 Å². The lowest BCUT2D eigenvalue weighted by Gasteiger charge is -2.30. The van der Waals surface area contributed by atoms with Crippen molar-refractivity contribution in [1.82, 2.24) is 15.1 Å². The van der Waals surface area contributed by atoms with Crippen LogP contribution in [0.15, 0.2) is 29.3 Å². The third-order valence-electron chi connectivity index (χ3n) is 4.74. The van der Waals surface area contributed by atoms with Crippen LogP contribution in [-0.2, 0) is 6.54 Å². The van der Waals surface area contributed by atoms with E-state index in [0.717, 1.165) is 37.3 Å². The first-order valence-corrected chi connectivity index (χ1v) is 8.89. The number of rotatable bonds is 6. The van der Waals surface area contributed by atoms with Gasteiger partial charge in [0.1, 0.15) is 5.75 Å². The summed E-state index contributed by atoms with van der Waals surface area (Å²) in [5, 5.41) is 3.48. The Labute approximate surface area is 146 Å². The number of nitrogens with one attached hydrogen (secondary N) is 1. The molecule has 1 aliphatic rings. The summed E-state index contributed by atoms with van der Waals surface area (Å²) in [6.45, 7) is 7.65. The van der Waals surface area contributed by atoms with Gasteiger partial charge in [-0.3, -0.25) is 4.99 Å². The van der Waals surface area contributed by atoms with Crippen LogP contribution in [0.3, 0.4) is 0 Å². The normalized spacial score (nSPS) is 16.9. The first-order chi connectivity index (χ1) is 11.6. The van der Waals surface area contributed by atoms with E-state index >= 15 is 0 Å². The number of nitrogens with zero attached hydrogens (tertiary/aromatic N) is 3. The summed E-state index contributed by atoms with van der Waals surface area (Å²) in [5.41, 5.74) is 1.24. The maximum atomic E-state index is 5.21. The van der Waals surface area contributed by atoms with Crippen LogP contribution in [0.5, 0.6) is 5.75 Å². The molecule has 0 aliphatic carbocycles. The molecule has 0 spiro atoms. The molecule has 5 nitrogen and oxygen atoms in total. The molecule has 0 unspecified atom stereocenters. The summed E-state index contributed by atoms with van der Waals surface area (Å²) < 4.78 is 5.21. The van der Waals surface area contributed by atoms with Gasteiger partial charge in [0, 0.05) is 33.7 Å². The fourth-order valence-electron chi connectivity index (χ4n) is 3.08. The summed E-state index contributed by atoms with van der Waals surface area (Å²) in [6, 6.07) is 8.18. The molecule has 2 rings (SSSR count). The van der Waals surface area contributed by atoms with Crippen LogP contribution in [-0.4, -0.2) is 63.1 Å². The van der Waals surface area contributed by atoms with Crippen LogP contribution in [0.4, 0.5) is 0 Å². The van der Waals surface area contributed by atoms with Gasteiger partial charge >= 0.3 is 0 Å². The molecular formula is C19H32N4O. The van der Waals surface area contributed by atoms with Crippen LogP contribution in [0.2, 0.25) is 0 Å². The number of methoxy groups -OCH3 is 1. The third-order valence-corrected chi connectivity index (χ3v) is 4.74. The van der Waals surface area contributed by atoms with E-state index in [1.165, 1.54) is 31.5 Å². The quantitative estimate of drug-likeness (QED) is 0.642. The largest absolute Gasteiger partial charge is 0.497 e. The Morgan fingerprint density at radius 3 is 2.54 bits per heavy atom. The van der Waals surface area contributed by atoms with Crippen LogP contribution >= 0.6 is 0 Å². The fourth-order valence-corrected chi connectivity index (χ4v) is 3.08. The second kappa shape index (κ2) is 9.52. The number of likely N-dealkylation sites (tertiary alicyclic amines) is 1. The molecule has 5 heteroatoms. The van der Waals surface area contributed by atoms with E-state index < -0.39 is 0 Å². The topological polar surface area (TPSA) is 40.1 Å². The lowest BCUT2D eigenvalue weighted by molar-refractivity contribution is 0.195. The average molecular weight is 332 g/mol. The lowest BCUT2D eigenvalue weighted by Crippen LogP contribution is -2.43. The summed E-state index contributed by atoms with van der Waals surface area (Å²) in [7, 11) is 5.60. The average Bonchev–Trinajstić information content (AvgIpc) is 2.61. The van der Waals surface area contributed by atoms with E-state index in [0.29, 0.717) is 0 Å². The molecule has 0 saturated carbocycles. The lowest BCUT2D eigenvalue weighted by atomic mass is 9.99. The van der Waals surface area contributed by atoms with E-state index in [1.54, 1.807) is 7.11 Å². The minimum Gasteiger partial charge on any atom is -0.497 e. The summed E-state index contributed by atoms with van der Waals surface area (Å²) in [5.74, 6) is 2.72. The first-order valence-electron chi connectivity index (χ1n) is 8.89. The number of guanidine groups is 1. The highest BCUT2D eigenvalue weighted by Gasteiger charge is 2.15. The monoisotopic (exact) mass is 332 g/mol. The maximum Gasteiger partial charge on any atom is 0.193 e. The zero-order chi connectivity index (χ0) is 17.4. The third kappa shape index (κ3) is 5.71. The Kier molecular flexibility index (Phi) is 7.37. The molecule has 1 heterocycles. The van der Waals surface area contributed by atoms with Crippen LogP contribution in [0, 0.1) is 5.92 Å². The molecule has 1 aliphatic heterocycles. The van der Waals surface area contributed by atoms with Crippen LogP contribution < -0.4 is 10.1 Å². The van der Waals surface area contributed by atoms with E-state index in [-0.39, 0.29) is 0 Å². The molecule has 0 radical (unpaired) electrons. The number of aliphatic imine (C=N–C) groups is 1. The second-order valence-electron chi connectivity index (χ2n) is 6.70. The minimum atomic E-state index is 0.824. The second-order valence-corrected chi connectivity index (χ2v) is 6.70. The van der Waals surface area contributed by atoms with Gasteiger partial charge in [0.15, 0.2) is 5.96 Å². The van der Waals surface area contributed by atoms with Gasteiger partial charge in [-0.25, -0.2) is 0 Å². The van der Waals surface area contributed by atoms with Crippen molar-refractivity contribution in [3.63, 3.8) is 0 Å². The summed E-state index contributed by atoms with van der Waals surface area (Å²) >= 11 is 0. The summed E-state index contributed by atoms with van der Waals surface area (Å²) in [6.07, 6.45) is 2.65. The van der Waals surface area contributed by atoms with Crippen molar-refractivity contribution in [3.8, 4) is 5.75 Å². The van der Waals surface area contributed by atoms with Gasteiger partial charge in [-0.05, 0) is 49.5 Å². The Hall–Kier alpha value is -1.75. The molecule has 0 bridgehead atoms. The van der Waals surface area contributed by atoms with Gasteiger partial charge in [0.05, 0.1) is 7.11 Å². The van der Waals surface area contributed by atoms with Crippen molar-refractivity contribution < 1.29 is 4.74 Å². The van der Waals surface area contributed by atoms with Crippen molar-refractivity contribution in [3.05, 3.63) is 29.8 Å². The van der Waals surface area contributed by atoms with Crippen molar-refractivity contribution in [1.29, 1.82) is 0 Å². The molecule has 0 atom stereocenters. The predicted octanol–water partition coefficient (Wildman–Crippen LogP) is 2.43. The van der Waals surface area contributed by atoms with Crippen molar-refractivity contribution >= 4 is 5.96 Å². The van der Waals surface area contributed by atoms with E-state index in [4.69, 9.17) is 4.74 Å². The zero-order valence-corrected chi connectivity index (χ0v) is 15.6. The number of hydrogen-bond donors (Lipinski definition) is 1. The zero-order valence-electron chi connectivity index (χ0n) is 15.6. The number of piperidine rings is 1. The Morgan fingerprint density at radius 2 is 1.96 bits per heavy atom. The molecule has 1 N–H and O–H groups in total. The van der Waals surface area contributed by atoms with Gasteiger partial charge in [0.2, 0.25) is 0 Å². The molecular weight excluding hydrogens is 300 g/mol. The fraction of sp³-hybridized carbons (Fsp3) is 0.632. The molecule has 1 fully saturated rings. The molecule has 1 saturated heterocycles. The smallest absolute Gasteiger partial charge is 0.193 e. The SMILES string of the molecule is CN=C(NCCN1CCC(C)CC1)N(C)Cc1ccc(OC)cc1. The molecule has 0 aromatic heterocycles. The van der Waals surface area contributed by atoms with Gasteiger partial charge in [-0.1, -0.05) is 19.1 Å². The van der Waals surface area contributed by atoms with Crippen molar-refractivity contribution in [2.75, 3.05) is 47.4 Å². The molecule has 1 aromatic rings. The number of benzene rings is 1. The highest BCUT2D eigenvalue weighted by molar-refractivity contribution is 5.79. The van der Waals surface area contributed by atoms with Gasteiger partial charge in [-0.2, -0.15) is 0 Å². The standard InChI is InChI=1S/C19H32N4O/c1-16-9-12-23(13-10-16)14-11-21-19(20-2)22(3)15-17-5-7-18(24-4)8-6-17/h5-8,16H,9-15H2,1-4H3,(H,20,21). The Morgan fingerprint density at radius 1 is 1.29 bits per heavy atom. The number of hydrogen-bond acceptors (Lipinski definition) is 3. The van der Waals surface area contributed by atoms with E-state index in [1.807, 2.05) is 19.2 Å². The minimum absolute atomic E-state index is 0.824. The molecule has 134 valence electrons.